The average Bonchev–Trinajstić information content (AvgIpc) is 2.97. The lowest BCUT2D eigenvalue weighted by Crippen LogP contribution is -2.33. The molecule has 3 N–H and O–H groups in total. The van der Waals surface area contributed by atoms with E-state index >= 15 is 0 Å². The van der Waals surface area contributed by atoms with Crippen LogP contribution in [0.1, 0.15) is 22.0 Å². The number of carbonyl (C=O) groups is 1. The van der Waals surface area contributed by atoms with Crippen LogP contribution in [0.25, 0.3) is 0 Å². The summed E-state index contributed by atoms with van der Waals surface area (Å²) in [5, 5.41) is 0. The number of amides is 1. The van der Waals surface area contributed by atoms with Crippen molar-refractivity contribution >= 4 is 5.91 Å². The molecule has 7 nitrogen and oxygen atoms in total. The highest BCUT2D eigenvalue weighted by Gasteiger charge is 2.34. The Morgan fingerprint density at radius 2 is 2.09 bits per heavy atom. The molecular weight excluding hydrogens is 296 g/mol. The molecule has 1 amide bonds. The number of nitrogens with zero attached hydrogens (tertiary/aromatic N) is 2. The molecule has 1 aromatic heterocycles. The van der Waals surface area contributed by atoms with Gasteiger partial charge in [-0.3, -0.25) is 9.59 Å². The van der Waals surface area contributed by atoms with Crippen LogP contribution < -0.4 is 16.0 Å². The smallest absolute Gasteiger partial charge is 0.274 e. The van der Waals surface area contributed by atoms with Gasteiger partial charge >= 0.3 is 0 Å². The molecule has 23 heavy (non-hydrogen) atoms. The number of aromatic nitrogens is 2. The maximum atomic E-state index is 12.4. The van der Waals surface area contributed by atoms with Crippen LogP contribution in [0.4, 0.5) is 0 Å². The fourth-order valence-corrected chi connectivity index (χ4v) is 2.82. The Hall–Kier alpha value is -2.67. The average molecular weight is 314 g/mol. The minimum absolute atomic E-state index is 0.0626. The summed E-state index contributed by atoms with van der Waals surface area (Å²) in [6.45, 7) is 0.976. The first-order valence-corrected chi connectivity index (χ1v) is 7.32. The molecule has 3 rings (SSSR count). The molecule has 0 bridgehead atoms. The third-order valence-corrected chi connectivity index (χ3v) is 4.09. The Bertz CT molecular complexity index is 736. The third-order valence-electron chi connectivity index (χ3n) is 4.09. The fraction of sp³-hybridized carbons (Fsp3) is 0.312. The number of H-pyrrole nitrogens is 1. The van der Waals surface area contributed by atoms with Crippen LogP contribution in [0.2, 0.25) is 0 Å². The van der Waals surface area contributed by atoms with Gasteiger partial charge in [0.25, 0.3) is 11.5 Å². The minimum Gasteiger partial charge on any atom is -0.497 e. The number of benzene rings is 1. The largest absolute Gasteiger partial charge is 0.497 e. The van der Waals surface area contributed by atoms with Crippen LogP contribution in [0.5, 0.6) is 5.75 Å². The number of likely N-dealkylation sites (tertiary alicyclic amines) is 1. The van der Waals surface area contributed by atoms with Gasteiger partial charge in [0.2, 0.25) is 0 Å². The van der Waals surface area contributed by atoms with Crippen molar-refractivity contribution in [2.45, 2.75) is 12.0 Å². The number of ether oxygens (including phenoxy) is 1. The summed E-state index contributed by atoms with van der Waals surface area (Å²) in [4.78, 5) is 31.5. The van der Waals surface area contributed by atoms with Crippen molar-refractivity contribution in [3.63, 3.8) is 0 Å². The number of rotatable bonds is 3. The van der Waals surface area contributed by atoms with Crippen LogP contribution in [-0.4, -0.2) is 47.0 Å². The highest BCUT2D eigenvalue weighted by atomic mass is 16.5. The zero-order valence-electron chi connectivity index (χ0n) is 12.7. The molecule has 2 atom stereocenters. The molecule has 0 unspecified atom stereocenters. The van der Waals surface area contributed by atoms with Crippen LogP contribution in [-0.2, 0) is 0 Å². The van der Waals surface area contributed by atoms with Crippen LogP contribution in [0.3, 0.4) is 0 Å². The quantitative estimate of drug-likeness (QED) is 0.851. The van der Waals surface area contributed by atoms with Gasteiger partial charge in [0.15, 0.2) is 0 Å². The molecule has 1 aliphatic heterocycles. The minimum atomic E-state index is -0.337. The number of nitrogens with one attached hydrogen (secondary N) is 1. The summed E-state index contributed by atoms with van der Waals surface area (Å²) in [5.74, 6) is 0.617. The van der Waals surface area contributed by atoms with Crippen LogP contribution in [0.15, 0.2) is 41.5 Å². The first-order chi connectivity index (χ1) is 11.1. The van der Waals surface area contributed by atoms with Crippen molar-refractivity contribution in [1.82, 2.24) is 14.9 Å². The number of carbonyl (C=O) groups excluding carboxylic acids is 1. The Morgan fingerprint density at radius 3 is 2.70 bits per heavy atom. The zero-order chi connectivity index (χ0) is 16.4. The summed E-state index contributed by atoms with van der Waals surface area (Å²) in [6.07, 6.45) is 2.43. The van der Waals surface area contributed by atoms with E-state index in [-0.39, 0.29) is 29.1 Å². The van der Waals surface area contributed by atoms with Crippen molar-refractivity contribution in [3.05, 3.63) is 58.3 Å². The van der Waals surface area contributed by atoms with Gasteiger partial charge in [0.1, 0.15) is 11.4 Å². The van der Waals surface area contributed by atoms with Gasteiger partial charge in [-0.05, 0) is 17.7 Å². The lowest BCUT2D eigenvalue weighted by atomic mass is 9.95. The standard InChI is InChI=1S/C16H18N4O3/c1-23-11-4-2-10(3-5-11)12-8-20(9-13(12)17)16(22)14-6-19-15(21)7-18-14/h2-7,12-13H,8-9,17H2,1H3,(H,19,21)/t12-,13+/m1/s1. The molecule has 1 saturated heterocycles. The molecule has 1 aliphatic rings. The summed E-state index contributed by atoms with van der Waals surface area (Å²) in [7, 11) is 1.62. The van der Waals surface area contributed by atoms with Gasteiger partial charge in [0, 0.05) is 31.2 Å². The van der Waals surface area contributed by atoms with E-state index in [1.165, 1.54) is 6.20 Å². The molecule has 120 valence electrons. The topological polar surface area (TPSA) is 101 Å². The summed E-state index contributed by atoms with van der Waals surface area (Å²) < 4.78 is 5.15. The Kier molecular flexibility index (Phi) is 4.12. The van der Waals surface area contributed by atoms with Gasteiger partial charge in [-0.15, -0.1) is 0 Å². The molecule has 0 spiro atoms. The second-order valence-corrected chi connectivity index (χ2v) is 5.55. The molecule has 0 saturated carbocycles. The van der Waals surface area contributed by atoms with Gasteiger partial charge in [-0.1, -0.05) is 12.1 Å². The van der Waals surface area contributed by atoms with Crippen LogP contribution in [0, 0.1) is 0 Å². The number of hydrogen-bond donors (Lipinski definition) is 2. The van der Waals surface area contributed by atoms with E-state index in [1.54, 1.807) is 12.0 Å². The highest BCUT2D eigenvalue weighted by Crippen LogP contribution is 2.28. The van der Waals surface area contributed by atoms with E-state index in [1.807, 2.05) is 24.3 Å². The first kappa shape index (κ1) is 15.2. The number of methoxy groups -OCH3 is 1. The van der Waals surface area contributed by atoms with Crippen molar-refractivity contribution in [2.75, 3.05) is 20.2 Å². The van der Waals surface area contributed by atoms with Gasteiger partial charge < -0.3 is 20.4 Å². The Labute approximate surface area is 133 Å². The molecule has 0 radical (unpaired) electrons. The highest BCUT2D eigenvalue weighted by molar-refractivity contribution is 5.92. The van der Waals surface area contributed by atoms with Gasteiger partial charge in [-0.2, -0.15) is 0 Å². The second kappa shape index (κ2) is 6.21. The van der Waals surface area contributed by atoms with Crippen molar-refractivity contribution in [2.24, 2.45) is 5.73 Å². The lowest BCUT2D eigenvalue weighted by Gasteiger charge is -2.16. The van der Waals surface area contributed by atoms with E-state index < -0.39 is 0 Å². The predicted octanol–water partition coefficient (Wildman–Crippen LogP) is 0.345. The first-order valence-electron chi connectivity index (χ1n) is 7.32. The fourth-order valence-electron chi connectivity index (χ4n) is 2.82. The monoisotopic (exact) mass is 314 g/mol. The zero-order valence-corrected chi connectivity index (χ0v) is 12.7. The number of hydrogen-bond acceptors (Lipinski definition) is 5. The van der Waals surface area contributed by atoms with E-state index in [2.05, 4.69) is 9.97 Å². The Balaban J connectivity index is 1.75. The molecule has 1 aromatic carbocycles. The van der Waals surface area contributed by atoms with Crippen molar-refractivity contribution in [3.8, 4) is 5.75 Å². The maximum absolute atomic E-state index is 12.4. The second-order valence-electron chi connectivity index (χ2n) is 5.55. The maximum Gasteiger partial charge on any atom is 0.274 e. The molecule has 2 heterocycles. The lowest BCUT2D eigenvalue weighted by molar-refractivity contribution is 0.0783. The summed E-state index contributed by atoms with van der Waals surface area (Å²) in [5.41, 5.74) is 7.16. The predicted molar refractivity (Wildman–Crippen MR) is 84.5 cm³/mol. The number of nitrogens with two attached hydrogens (primary N) is 1. The number of aromatic amines is 1. The van der Waals surface area contributed by atoms with Crippen LogP contribution >= 0.6 is 0 Å². The van der Waals surface area contributed by atoms with E-state index in [4.69, 9.17) is 10.5 Å². The van der Waals surface area contributed by atoms with E-state index in [0.29, 0.717) is 13.1 Å². The van der Waals surface area contributed by atoms with Gasteiger partial charge in [0.05, 0.1) is 13.3 Å². The molecule has 2 aromatic rings. The molecule has 1 fully saturated rings. The summed E-state index contributed by atoms with van der Waals surface area (Å²) >= 11 is 0. The van der Waals surface area contributed by atoms with Gasteiger partial charge in [-0.25, -0.2) is 4.98 Å². The molecular formula is C16H18N4O3. The normalized spacial score (nSPS) is 20.5. The van der Waals surface area contributed by atoms with E-state index in [0.717, 1.165) is 17.5 Å². The van der Waals surface area contributed by atoms with Crippen molar-refractivity contribution < 1.29 is 9.53 Å². The SMILES string of the molecule is COc1ccc([C@H]2CN(C(=O)c3c[nH]c(=O)cn3)C[C@@H]2N)cc1. The molecule has 7 heteroatoms. The molecule has 0 aliphatic carbocycles. The Morgan fingerprint density at radius 1 is 1.35 bits per heavy atom. The van der Waals surface area contributed by atoms with E-state index in [9.17, 15) is 9.59 Å². The van der Waals surface area contributed by atoms with Crippen molar-refractivity contribution in [1.29, 1.82) is 0 Å². The third kappa shape index (κ3) is 3.09. The summed E-state index contributed by atoms with van der Waals surface area (Å²) in [6, 6.07) is 7.56.